The molecule has 0 atom stereocenters. The van der Waals surface area contributed by atoms with Gasteiger partial charge in [0.15, 0.2) is 0 Å². The summed E-state index contributed by atoms with van der Waals surface area (Å²) in [7, 11) is 0. The van der Waals surface area contributed by atoms with Gasteiger partial charge in [-0.1, -0.05) is 51.8 Å². The minimum Gasteiger partial charge on any atom is -0.207 e. The van der Waals surface area contributed by atoms with Crippen LogP contribution < -0.4 is 0 Å². The summed E-state index contributed by atoms with van der Waals surface area (Å²) >= 11 is 0. The van der Waals surface area contributed by atoms with Crippen LogP contribution in [0, 0.1) is 5.82 Å². The Kier molecular flexibility index (Phi) is 3.89. The lowest BCUT2D eigenvalue weighted by atomic mass is 9.70. The van der Waals surface area contributed by atoms with E-state index < -0.39 is 0 Å². The Morgan fingerprint density at radius 3 is 2.50 bits per heavy atom. The second-order valence-electron chi connectivity index (χ2n) is 5.77. The summed E-state index contributed by atoms with van der Waals surface area (Å²) in [5, 5.41) is 0. The third kappa shape index (κ3) is 2.50. The van der Waals surface area contributed by atoms with Gasteiger partial charge < -0.3 is 0 Å². The first kappa shape index (κ1) is 13.3. The average molecular weight is 246 g/mol. The van der Waals surface area contributed by atoms with E-state index >= 15 is 0 Å². The summed E-state index contributed by atoms with van der Waals surface area (Å²) in [6, 6.07) is 5.68. The van der Waals surface area contributed by atoms with E-state index in [2.05, 4.69) is 20.4 Å². The van der Waals surface area contributed by atoms with Crippen LogP contribution in [0.2, 0.25) is 0 Å². The Hall–Kier alpha value is -1.11. The number of benzene rings is 1. The molecule has 1 heteroatoms. The van der Waals surface area contributed by atoms with Gasteiger partial charge in [0.1, 0.15) is 5.82 Å². The van der Waals surface area contributed by atoms with Crippen LogP contribution >= 0.6 is 0 Å². The van der Waals surface area contributed by atoms with Crippen molar-refractivity contribution in [3.8, 4) is 0 Å². The number of hydrogen-bond acceptors (Lipinski definition) is 0. The van der Waals surface area contributed by atoms with Crippen LogP contribution in [0.4, 0.5) is 4.39 Å². The molecule has 2 rings (SSSR count). The minimum absolute atomic E-state index is 0.0361. The first-order valence-electron chi connectivity index (χ1n) is 7.05. The normalized spacial score (nSPS) is 18.6. The first-order chi connectivity index (χ1) is 8.57. The molecule has 0 radical (unpaired) electrons. The van der Waals surface area contributed by atoms with Crippen molar-refractivity contribution in [2.75, 3.05) is 0 Å². The van der Waals surface area contributed by atoms with Gasteiger partial charge in [-0.2, -0.15) is 0 Å². The number of halogens is 1. The fourth-order valence-corrected chi connectivity index (χ4v) is 3.03. The molecule has 0 spiro atoms. The molecule has 98 valence electrons. The van der Waals surface area contributed by atoms with Gasteiger partial charge in [-0.25, -0.2) is 4.39 Å². The van der Waals surface area contributed by atoms with Gasteiger partial charge in [0.05, 0.1) is 0 Å². The SMILES string of the molecule is C=C(CC)c1ccc(C2(C)CCCCC2)c(F)c1. The highest BCUT2D eigenvalue weighted by Crippen LogP contribution is 2.40. The third-order valence-electron chi connectivity index (χ3n) is 4.41. The van der Waals surface area contributed by atoms with Gasteiger partial charge in [-0.3, -0.25) is 0 Å². The molecule has 1 aromatic carbocycles. The highest BCUT2D eigenvalue weighted by atomic mass is 19.1. The molecule has 0 nitrogen and oxygen atoms in total. The van der Waals surface area contributed by atoms with Gasteiger partial charge in [0, 0.05) is 0 Å². The predicted molar refractivity (Wildman–Crippen MR) is 76.2 cm³/mol. The van der Waals surface area contributed by atoms with Crippen molar-refractivity contribution in [3.63, 3.8) is 0 Å². The zero-order valence-corrected chi connectivity index (χ0v) is 11.6. The third-order valence-corrected chi connectivity index (χ3v) is 4.41. The highest BCUT2D eigenvalue weighted by molar-refractivity contribution is 5.63. The lowest BCUT2D eigenvalue weighted by molar-refractivity contribution is 0.309. The van der Waals surface area contributed by atoms with Crippen LogP contribution in [0.15, 0.2) is 24.8 Å². The maximum atomic E-state index is 14.3. The molecule has 0 saturated heterocycles. The molecule has 0 unspecified atom stereocenters. The number of rotatable bonds is 3. The summed E-state index contributed by atoms with van der Waals surface area (Å²) in [6.07, 6.45) is 6.83. The number of allylic oxidation sites excluding steroid dienone is 1. The van der Waals surface area contributed by atoms with E-state index in [0.717, 1.165) is 36.0 Å². The zero-order valence-electron chi connectivity index (χ0n) is 11.6. The van der Waals surface area contributed by atoms with Crippen molar-refractivity contribution >= 4 is 5.57 Å². The number of hydrogen-bond donors (Lipinski definition) is 0. The molecule has 1 saturated carbocycles. The lowest BCUT2D eigenvalue weighted by Crippen LogP contribution is -2.26. The first-order valence-corrected chi connectivity index (χ1v) is 7.05. The summed E-state index contributed by atoms with van der Waals surface area (Å²) in [5.41, 5.74) is 2.89. The summed E-state index contributed by atoms with van der Waals surface area (Å²) in [4.78, 5) is 0. The van der Waals surface area contributed by atoms with Gasteiger partial charge in [-0.15, -0.1) is 0 Å². The van der Waals surface area contributed by atoms with Crippen LogP contribution in [0.3, 0.4) is 0 Å². The van der Waals surface area contributed by atoms with Gasteiger partial charge >= 0.3 is 0 Å². The highest BCUT2D eigenvalue weighted by Gasteiger charge is 2.31. The molecular weight excluding hydrogens is 223 g/mol. The van der Waals surface area contributed by atoms with Crippen molar-refractivity contribution in [2.45, 2.75) is 57.8 Å². The molecule has 0 heterocycles. The van der Waals surface area contributed by atoms with Crippen LogP contribution in [0.25, 0.3) is 5.57 Å². The topological polar surface area (TPSA) is 0 Å². The summed E-state index contributed by atoms with van der Waals surface area (Å²) in [5.74, 6) is -0.0495. The molecule has 0 amide bonds. The molecule has 0 bridgehead atoms. The molecule has 1 aliphatic rings. The largest absolute Gasteiger partial charge is 0.207 e. The molecule has 1 aliphatic carbocycles. The predicted octanol–water partition coefficient (Wildman–Crippen LogP) is 5.47. The Labute approximate surface area is 110 Å². The molecule has 0 N–H and O–H groups in total. The van der Waals surface area contributed by atoms with Crippen molar-refractivity contribution in [2.24, 2.45) is 0 Å². The molecule has 18 heavy (non-hydrogen) atoms. The Balaban J connectivity index is 2.32. The molecule has 0 aliphatic heterocycles. The molecule has 1 aromatic rings. The van der Waals surface area contributed by atoms with E-state index in [1.807, 2.05) is 12.1 Å². The monoisotopic (exact) mass is 246 g/mol. The van der Waals surface area contributed by atoms with Crippen molar-refractivity contribution in [1.82, 2.24) is 0 Å². The van der Waals surface area contributed by atoms with Gasteiger partial charge in [0.2, 0.25) is 0 Å². The lowest BCUT2D eigenvalue weighted by Gasteiger charge is -2.34. The van der Waals surface area contributed by atoms with Crippen LogP contribution in [0.5, 0.6) is 0 Å². The summed E-state index contributed by atoms with van der Waals surface area (Å²) < 4.78 is 14.3. The van der Waals surface area contributed by atoms with Crippen molar-refractivity contribution in [3.05, 3.63) is 41.7 Å². The Morgan fingerprint density at radius 1 is 1.28 bits per heavy atom. The van der Waals surface area contributed by atoms with E-state index in [9.17, 15) is 4.39 Å². The molecular formula is C17H23F. The smallest absolute Gasteiger partial charge is 0.127 e. The Morgan fingerprint density at radius 2 is 1.94 bits per heavy atom. The van der Waals surface area contributed by atoms with Crippen molar-refractivity contribution in [1.29, 1.82) is 0 Å². The second kappa shape index (κ2) is 5.26. The Bertz CT molecular complexity index is 439. The standard InChI is InChI=1S/C17H23F/c1-4-13(2)14-8-9-15(16(18)12-14)17(3)10-6-5-7-11-17/h8-9,12H,2,4-7,10-11H2,1,3H3. The summed E-state index contributed by atoms with van der Waals surface area (Å²) in [6.45, 7) is 8.24. The van der Waals surface area contributed by atoms with E-state index in [1.54, 1.807) is 6.07 Å². The zero-order chi connectivity index (χ0) is 13.2. The second-order valence-corrected chi connectivity index (χ2v) is 5.77. The van der Waals surface area contributed by atoms with Crippen LogP contribution in [-0.2, 0) is 5.41 Å². The van der Waals surface area contributed by atoms with Crippen LogP contribution in [0.1, 0.15) is 63.5 Å². The van der Waals surface area contributed by atoms with Crippen molar-refractivity contribution < 1.29 is 4.39 Å². The van der Waals surface area contributed by atoms with E-state index in [1.165, 1.54) is 19.3 Å². The fourth-order valence-electron chi connectivity index (χ4n) is 3.03. The fraction of sp³-hybridized carbons (Fsp3) is 0.529. The maximum Gasteiger partial charge on any atom is 0.127 e. The van der Waals surface area contributed by atoms with Gasteiger partial charge in [-0.05, 0) is 47.4 Å². The van der Waals surface area contributed by atoms with Gasteiger partial charge in [0.25, 0.3) is 0 Å². The van der Waals surface area contributed by atoms with E-state index in [4.69, 9.17) is 0 Å². The molecule has 1 fully saturated rings. The average Bonchev–Trinajstić information content (AvgIpc) is 2.38. The van der Waals surface area contributed by atoms with E-state index in [0.29, 0.717) is 0 Å². The quantitative estimate of drug-likeness (QED) is 0.663. The molecule has 0 aromatic heterocycles. The minimum atomic E-state index is -0.0495. The maximum absolute atomic E-state index is 14.3. The van der Waals surface area contributed by atoms with Crippen LogP contribution in [-0.4, -0.2) is 0 Å². The van der Waals surface area contributed by atoms with E-state index in [-0.39, 0.29) is 11.2 Å².